The SMILES string of the molecule is O=c1cc(Cl)n([C@H]2CS[C@@H](CO)O2)c(=O)[nH]1. The second-order valence-electron chi connectivity index (χ2n) is 3.17. The van der Waals surface area contributed by atoms with E-state index < -0.39 is 17.5 Å². The lowest BCUT2D eigenvalue weighted by Gasteiger charge is -2.14. The van der Waals surface area contributed by atoms with Gasteiger partial charge in [0.15, 0.2) is 0 Å². The maximum absolute atomic E-state index is 11.5. The molecule has 2 atom stereocenters. The summed E-state index contributed by atoms with van der Waals surface area (Å²) >= 11 is 7.18. The summed E-state index contributed by atoms with van der Waals surface area (Å²) in [6.45, 7) is -0.128. The van der Waals surface area contributed by atoms with Crippen molar-refractivity contribution < 1.29 is 9.84 Å². The highest BCUT2D eigenvalue weighted by molar-refractivity contribution is 8.00. The second-order valence-corrected chi connectivity index (χ2v) is 4.75. The summed E-state index contributed by atoms with van der Waals surface area (Å²) in [5.41, 5.74) is -1.52. The highest BCUT2D eigenvalue weighted by atomic mass is 35.5. The average molecular weight is 265 g/mol. The van der Waals surface area contributed by atoms with Gasteiger partial charge < -0.3 is 9.84 Å². The van der Waals surface area contributed by atoms with Crippen molar-refractivity contribution in [1.82, 2.24) is 9.55 Å². The van der Waals surface area contributed by atoms with Gasteiger partial charge in [-0.05, 0) is 0 Å². The predicted octanol–water partition coefficient (Wildman–Crippen LogP) is -0.230. The van der Waals surface area contributed by atoms with Crippen LogP contribution in [0.5, 0.6) is 0 Å². The molecule has 0 aliphatic carbocycles. The molecule has 1 aromatic rings. The van der Waals surface area contributed by atoms with Crippen LogP contribution in [0.25, 0.3) is 0 Å². The lowest BCUT2D eigenvalue weighted by atomic mass is 10.5. The maximum atomic E-state index is 11.5. The van der Waals surface area contributed by atoms with Crippen LogP contribution in [0.2, 0.25) is 5.15 Å². The van der Waals surface area contributed by atoms with Crippen molar-refractivity contribution in [2.24, 2.45) is 0 Å². The Balaban J connectivity index is 2.35. The van der Waals surface area contributed by atoms with E-state index in [4.69, 9.17) is 21.4 Å². The van der Waals surface area contributed by atoms with Gasteiger partial charge in [-0.25, -0.2) is 4.79 Å². The molecule has 1 aliphatic heterocycles. The number of rotatable bonds is 2. The molecule has 2 N–H and O–H groups in total. The fraction of sp³-hybridized carbons (Fsp3) is 0.500. The Morgan fingerprint density at radius 2 is 2.44 bits per heavy atom. The minimum Gasteiger partial charge on any atom is -0.393 e. The Hall–Kier alpha value is -0.760. The summed E-state index contributed by atoms with van der Waals surface area (Å²) in [7, 11) is 0. The number of hydrogen-bond donors (Lipinski definition) is 2. The van der Waals surface area contributed by atoms with Crippen LogP contribution in [0.15, 0.2) is 15.7 Å². The van der Waals surface area contributed by atoms with E-state index in [9.17, 15) is 9.59 Å². The summed E-state index contributed by atoms with van der Waals surface area (Å²) in [5.74, 6) is 0.497. The third-order valence-electron chi connectivity index (χ3n) is 2.10. The van der Waals surface area contributed by atoms with E-state index >= 15 is 0 Å². The lowest BCUT2D eigenvalue weighted by Crippen LogP contribution is -2.33. The molecule has 1 saturated heterocycles. The van der Waals surface area contributed by atoms with Crippen molar-refractivity contribution in [3.05, 3.63) is 32.1 Å². The minimum atomic E-state index is -0.610. The molecule has 6 nitrogen and oxygen atoms in total. The summed E-state index contributed by atoms with van der Waals surface area (Å²) < 4.78 is 6.53. The van der Waals surface area contributed by atoms with Gasteiger partial charge >= 0.3 is 5.69 Å². The molecule has 8 heteroatoms. The van der Waals surface area contributed by atoms with Crippen LogP contribution in [-0.4, -0.2) is 32.5 Å². The monoisotopic (exact) mass is 264 g/mol. The quantitative estimate of drug-likeness (QED) is 0.721. The van der Waals surface area contributed by atoms with Gasteiger partial charge in [-0.1, -0.05) is 11.6 Å². The standard InChI is InChI=1S/C8H9ClN2O4S/c9-4-1-5(13)10-8(14)11(4)6-3-16-7(2-12)15-6/h1,6-7,12H,2-3H2,(H,10,13,14)/t6-,7+/m1/s1. The number of hydrogen-bond acceptors (Lipinski definition) is 5. The molecule has 2 rings (SSSR count). The second kappa shape index (κ2) is 4.62. The van der Waals surface area contributed by atoms with Gasteiger partial charge in [0, 0.05) is 11.8 Å². The summed E-state index contributed by atoms with van der Waals surface area (Å²) in [4.78, 5) is 24.6. The summed E-state index contributed by atoms with van der Waals surface area (Å²) in [5, 5.41) is 8.92. The Kier molecular flexibility index (Phi) is 3.38. The van der Waals surface area contributed by atoms with E-state index in [-0.39, 0.29) is 17.2 Å². The van der Waals surface area contributed by atoms with Gasteiger partial charge in [-0.3, -0.25) is 14.3 Å². The molecular formula is C8H9ClN2O4S. The molecule has 0 radical (unpaired) electrons. The number of nitrogens with one attached hydrogen (secondary N) is 1. The van der Waals surface area contributed by atoms with Gasteiger partial charge in [-0.15, -0.1) is 11.8 Å². The van der Waals surface area contributed by atoms with E-state index in [2.05, 4.69) is 4.98 Å². The largest absolute Gasteiger partial charge is 0.393 e. The molecule has 2 heterocycles. The Bertz CT molecular complexity index is 500. The lowest BCUT2D eigenvalue weighted by molar-refractivity contribution is -0.00623. The zero-order chi connectivity index (χ0) is 11.7. The van der Waals surface area contributed by atoms with Gasteiger partial charge in [0.1, 0.15) is 16.8 Å². The van der Waals surface area contributed by atoms with Crippen LogP contribution in [0, 0.1) is 0 Å². The van der Waals surface area contributed by atoms with Gasteiger partial charge in [-0.2, -0.15) is 0 Å². The highest BCUT2D eigenvalue weighted by Crippen LogP contribution is 2.31. The first-order valence-corrected chi connectivity index (χ1v) is 5.94. The van der Waals surface area contributed by atoms with Crippen LogP contribution in [0.3, 0.4) is 0 Å². The number of thioether (sulfide) groups is 1. The molecular weight excluding hydrogens is 256 g/mol. The molecule has 16 heavy (non-hydrogen) atoms. The number of aromatic nitrogens is 2. The number of halogens is 1. The van der Waals surface area contributed by atoms with Crippen molar-refractivity contribution in [3.8, 4) is 0 Å². The van der Waals surface area contributed by atoms with E-state index in [1.54, 1.807) is 0 Å². The van der Waals surface area contributed by atoms with E-state index in [1.165, 1.54) is 11.8 Å². The molecule has 0 saturated carbocycles. The summed E-state index contributed by atoms with van der Waals surface area (Å²) in [6.07, 6.45) is -0.556. The fourth-order valence-corrected chi connectivity index (χ4v) is 2.62. The molecule has 1 aliphatic rings. The normalized spacial score (nSPS) is 24.9. The molecule has 1 aromatic heterocycles. The molecule has 0 bridgehead atoms. The van der Waals surface area contributed by atoms with E-state index in [0.29, 0.717) is 5.75 Å². The number of H-pyrrole nitrogens is 1. The van der Waals surface area contributed by atoms with Crippen LogP contribution in [0.1, 0.15) is 6.23 Å². The minimum absolute atomic E-state index is 0.0259. The van der Waals surface area contributed by atoms with Crippen LogP contribution in [-0.2, 0) is 4.74 Å². The number of aromatic amines is 1. The molecule has 0 spiro atoms. The smallest absolute Gasteiger partial charge is 0.331 e. The molecule has 88 valence electrons. The van der Waals surface area contributed by atoms with Crippen molar-refractivity contribution in [1.29, 1.82) is 0 Å². The molecule has 0 aromatic carbocycles. The Morgan fingerprint density at radius 1 is 1.69 bits per heavy atom. The predicted molar refractivity (Wildman–Crippen MR) is 59.8 cm³/mol. The first-order chi connectivity index (χ1) is 7.61. The average Bonchev–Trinajstić information content (AvgIpc) is 2.64. The zero-order valence-corrected chi connectivity index (χ0v) is 9.62. The topological polar surface area (TPSA) is 84.3 Å². The van der Waals surface area contributed by atoms with Crippen LogP contribution in [0.4, 0.5) is 0 Å². The zero-order valence-electron chi connectivity index (χ0n) is 8.05. The maximum Gasteiger partial charge on any atom is 0.331 e. The number of aliphatic hydroxyl groups excluding tert-OH is 1. The first-order valence-electron chi connectivity index (χ1n) is 4.51. The van der Waals surface area contributed by atoms with Crippen LogP contribution >= 0.6 is 23.4 Å². The van der Waals surface area contributed by atoms with Gasteiger partial charge in [0.25, 0.3) is 5.56 Å². The molecule has 0 unspecified atom stereocenters. The van der Waals surface area contributed by atoms with Crippen molar-refractivity contribution in [3.63, 3.8) is 0 Å². The fourth-order valence-electron chi connectivity index (χ4n) is 1.42. The Labute approximate surface area is 99.2 Å². The highest BCUT2D eigenvalue weighted by Gasteiger charge is 2.28. The molecule has 0 amide bonds. The van der Waals surface area contributed by atoms with E-state index in [0.717, 1.165) is 10.6 Å². The number of aliphatic hydroxyl groups is 1. The van der Waals surface area contributed by atoms with Crippen molar-refractivity contribution in [2.45, 2.75) is 11.7 Å². The first kappa shape index (κ1) is 11.7. The third kappa shape index (κ3) is 2.17. The molecule has 1 fully saturated rings. The van der Waals surface area contributed by atoms with E-state index in [1.807, 2.05) is 0 Å². The van der Waals surface area contributed by atoms with Crippen LogP contribution < -0.4 is 11.2 Å². The van der Waals surface area contributed by atoms with Gasteiger partial charge in [0.2, 0.25) is 0 Å². The van der Waals surface area contributed by atoms with Crippen molar-refractivity contribution >= 4 is 23.4 Å². The Morgan fingerprint density at radius 3 is 3.00 bits per heavy atom. The van der Waals surface area contributed by atoms with Crippen molar-refractivity contribution in [2.75, 3.05) is 12.4 Å². The van der Waals surface area contributed by atoms with Gasteiger partial charge in [0.05, 0.1) is 6.61 Å². The summed E-state index contributed by atoms with van der Waals surface area (Å²) in [6, 6.07) is 1.11. The number of ether oxygens (including phenoxy) is 1. The number of nitrogens with zero attached hydrogens (tertiary/aromatic N) is 1. The third-order valence-corrected chi connectivity index (χ3v) is 3.50.